The number of alkyl halides is 1. The summed E-state index contributed by atoms with van der Waals surface area (Å²) in [6, 6.07) is 1.31. The molecule has 2 aliphatic rings. The van der Waals surface area contributed by atoms with Crippen molar-refractivity contribution >= 4 is 43.3 Å². The van der Waals surface area contributed by atoms with Crippen LogP contribution in [0, 0.1) is 6.92 Å². The first kappa shape index (κ1) is 12.1. The molecule has 0 aliphatic carbocycles. The van der Waals surface area contributed by atoms with Gasteiger partial charge in [-0.3, -0.25) is 0 Å². The molecule has 3 nitrogen and oxygen atoms in total. The number of piperidine rings is 1. The quantitative estimate of drug-likeness (QED) is 0.739. The zero-order valence-electron chi connectivity index (χ0n) is 10.8. The van der Waals surface area contributed by atoms with Gasteiger partial charge in [-0.15, -0.1) is 11.3 Å². The summed E-state index contributed by atoms with van der Waals surface area (Å²) in [5.41, 5.74) is 2.40. The van der Waals surface area contributed by atoms with Crippen LogP contribution in [0.4, 0.5) is 5.82 Å². The molecule has 2 bridgehead atoms. The maximum atomic E-state index is 4.62. The van der Waals surface area contributed by atoms with E-state index >= 15 is 0 Å². The molecule has 19 heavy (non-hydrogen) atoms. The normalized spacial score (nSPS) is 30.2. The summed E-state index contributed by atoms with van der Waals surface area (Å²) >= 11 is 5.59. The molecule has 4 rings (SSSR count). The maximum absolute atomic E-state index is 4.62. The van der Waals surface area contributed by atoms with Gasteiger partial charge in [-0.2, -0.15) is 0 Å². The largest absolute Gasteiger partial charge is 0.349 e. The smallest absolute Gasteiger partial charge is 0.150 e. The second-order valence-corrected chi connectivity index (χ2v) is 7.83. The lowest BCUT2D eigenvalue weighted by molar-refractivity contribution is 0.480. The van der Waals surface area contributed by atoms with Crippen molar-refractivity contribution in [1.29, 1.82) is 0 Å². The maximum Gasteiger partial charge on any atom is 0.150 e. The van der Waals surface area contributed by atoms with Crippen LogP contribution in [0.15, 0.2) is 11.7 Å². The molecule has 0 radical (unpaired) electrons. The molecule has 0 aromatic carbocycles. The molecule has 0 amide bonds. The number of nitrogens with zero attached hydrogens (tertiary/aromatic N) is 3. The van der Waals surface area contributed by atoms with Crippen LogP contribution in [0.1, 0.15) is 31.2 Å². The van der Waals surface area contributed by atoms with E-state index < -0.39 is 0 Å². The molecule has 2 fully saturated rings. The number of hydrogen-bond acceptors (Lipinski definition) is 4. The monoisotopic (exact) mass is 337 g/mol. The first-order valence-corrected chi connectivity index (χ1v) is 8.65. The number of halogens is 1. The van der Waals surface area contributed by atoms with Crippen molar-refractivity contribution in [3.8, 4) is 0 Å². The second-order valence-electron chi connectivity index (χ2n) is 5.65. The summed E-state index contributed by atoms with van der Waals surface area (Å²) in [5, 5.41) is 2.20. The van der Waals surface area contributed by atoms with E-state index in [0.717, 1.165) is 5.52 Å². The van der Waals surface area contributed by atoms with Crippen molar-refractivity contribution in [2.45, 2.75) is 49.5 Å². The van der Waals surface area contributed by atoms with E-state index in [0.29, 0.717) is 16.9 Å². The van der Waals surface area contributed by atoms with Gasteiger partial charge in [0.15, 0.2) is 5.82 Å². The number of aromatic nitrogens is 2. The Morgan fingerprint density at radius 1 is 1.26 bits per heavy atom. The van der Waals surface area contributed by atoms with Gasteiger partial charge in [0.1, 0.15) is 6.33 Å². The molecule has 2 saturated heterocycles. The molecule has 0 N–H and O–H groups in total. The highest BCUT2D eigenvalue weighted by molar-refractivity contribution is 9.09. The lowest BCUT2D eigenvalue weighted by atomic mass is 10.0. The molecule has 100 valence electrons. The third-order valence-electron chi connectivity index (χ3n) is 4.43. The molecule has 0 spiro atoms. The van der Waals surface area contributed by atoms with Crippen LogP contribution in [0.2, 0.25) is 0 Å². The molecule has 0 saturated carbocycles. The zero-order valence-corrected chi connectivity index (χ0v) is 13.2. The van der Waals surface area contributed by atoms with Gasteiger partial charge in [-0.25, -0.2) is 9.97 Å². The van der Waals surface area contributed by atoms with Crippen molar-refractivity contribution in [1.82, 2.24) is 9.97 Å². The predicted molar refractivity (Wildman–Crippen MR) is 83.4 cm³/mol. The van der Waals surface area contributed by atoms with E-state index in [9.17, 15) is 0 Å². The van der Waals surface area contributed by atoms with Crippen LogP contribution < -0.4 is 4.90 Å². The molecule has 2 atom stereocenters. The van der Waals surface area contributed by atoms with Crippen molar-refractivity contribution in [2.24, 2.45) is 0 Å². The Hall–Kier alpha value is -0.680. The fourth-order valence-electron chi connectivity index (χ4n) is 3.60. The standard InChI is InChI=1S/C14H16BrN3S/c1-8-6-19-13-12(8)16-7-17-14(13)18-10-2-3-11(18)5-9(15)4-10/h6-7,9-11H,2-5H2,1H3. The first-order valence-electron chi connectivity index (χ1n) is 6.85. The molecular formula is C14H16BrN3S. The molecule has 4 heterocycles. The van der Waals surface area contributed by atoms with Gasteiger partial charge in [-0.1, -0.05) is 15.9 Å². The Bertz CT molecular complexity index is 612. The number of fused-ring (bicyclic) bond motifs is 3. The van der Waals surface area contributed by atoms with Gasteiger partial charge in [0.25, 0.3) is 0 Å². The number of anilines is 1. The fraction of sp³-hybridized carbons (Fsp3) is 0.571. The van der Waals surface area contributed by atoms with E-state index in [-0.39, 0.29) is 0 Å². The van der Waals surface area contributed by atoms with Gasteiger partial charge >= 0.3 is 0 Å². The molecular weight excluding hydrogens is 322 g/mol. The molecule has 2 aromatic heterocycles. The molecule has 2 aromatic rings. The van der Waals surface area contributed by atoms with Crippen molar-refractivity contribution in [2.75, 3.05) is 4.90 Å². The Balaban J connectivity index is 1.83. The Morgan fingerprint density at radius 2 is 2.00 bits per heavy atom. The number of rotatable bonds is 1. The number of hydrogen-bond donors (Lipinski definition) is 0. The Morgan fingerprint density at radius 3 is 2.74 bits per heavy atom. The minimum absolute atomic E-state index is 0.656. The topological polar surface area (TPSA) is 29.0 Å². The lowest BCUT2D eigenvalue weighted by Crippen LogP contribution is -2.43. The summed E-state index contributed by atoms with van der Waals surface area (Å²) in [6.07, 6.45) is 6.83. The summed E-state index contributed by atoms with van der Waals surface area (Å²) < 4.78 is 1.27. The third-order valence-corrected chi connectivity index (χ3v) is 6.26. The second kappa shape index (κ2) is 4.42. The van der Waals surface area contributed by atoms with Crippen LogP contribution in [0.3, 0.4) is 0 Å². The van der Waals surface area contributed by atoms with Crippen molar-refractivity contribution < 1.29 is 0 Å². The van der Waals surface area contributed by atoms with E-state index in [4.69, 9.17) is 0 Å². The van der Waals surface area contributed by atoms with E-state index in [1.807, 2.05) is 0 Å². The number of aryl methyl sites for hydroxylation is 1. The Kier molecular flexibility index (Phi) is 2.81. The third kappa shape index (κ3) is 1.82. The van der Waals surface area contributed by atoms with E-state index in [2.05, 4.69) is 43.1 Å². The van der Waals surface area contributed by atoms with Gasteiger partial charge < -0.3 is 4.90 Å². The van der Waals surface area contributed by atoms with E-state index in [1.54, 1.807) is 17.7 Å². The van der Waals surface area contributed by atoms with Gasteiger partial charge in [0.05, 0.1) is 10.2 Å². The fourth-order valence-corrected chi connectivity index (χ4v) is 5.46. The first-order chi connectivity index (χ1) is 9.24. The number of thiophene rings is 1. The van der Waals surface area contributed by atoms with Crippen LogP contribution in [-0.2, 0) is 0 Å². The Labute approximate surface area is 125 Å². The summed E-state index contributed by atoms with van der Waals surface area (Å²) in [6.45, 7) is 2.13. The summed E-state index contributed by atoms with van der Waals surface area (Å²) in [4.78, 5) is 12.3. The summed E-state index contributed by atoms with van der Waals surface area (Å²) in [7, 11) is 0. The van der Waals surface area contributed by atoms with Gasteiger partial charge in [-0.05, 0) is 43.6 Å². The van der Waals surface area contributed by atoms with Crippen LogP contribution in [-0.4, -0.2) is 26.9 Å². The minimum Gasteiger partial charge on any atom is -0.349 e. The SMILES string of the molecule is Cc1csc2c(N3C4CCC3CC(Br)C4)ncnc12. The van der Waals surface area contributed by atoms with Gasteiger partial charge in [0, 0.05) is 16.9 Å². The average Bonchev–Trinajstić information content (AvgIpc) is 2.89. The van der Waals surface area contributed by atoms with Crippen LogP contribution in [0.25, 0.3) is 10.2 Å². The highest BCUT2D eigenvalue weighted by Crippen LogP contribution is 2.43. The molecule has 5 heteroatoms. The van der Waals surface area contributed by atoms with Crippen molar-refractivity contribution in [3.63, 3.8) is 0 Å². The summed E-state index contributed by atoms with van der Waals surface area (Å²) in [5.74, 6) is 1.18. The molecule has 2 aliphatic heterocycles. The minimum atomic E-state index is 0.656. The zero-order chi connectivity index (χ0) is 13.0. The predicted octanol–water partition coefficient (Wildman–Crippen LogP) is 3.89. The van der Waals surface area contributed by atoms with Crippen molar-refractivity contribution in [3.05, 3.63) is 17.3 Å². The molecule has 2 unspecified atom stereocenters. The highest BCUT2D eigenvalue weighted by Gasteiger charge is 2.41. The van der Waals surface area contributed by atoms with Gasteiger partial charge in [0.2, 0.25) is 0 Å². The average molecular weight is 338 g/mol. The lowest BCUT2D eigenvalue weighted by Gasteiger charge is -2.38. The highest BCUT2D eigenvalue weighted by atomic mass is 79.9. The van der Waals surface area contributed by atoms with E-state index in [1.165, 1.54) is 41.8 Å². The van der Waals surface area contributed by atoms with Crippen LogP contribution >= 0.6 is 27.3 Å². The van der Waals surface area contributed by atoms with Crippen LogP contribution in [0.5, 0.6) is 0 Å².